The molecule has 0 radical (unpaired) electrons. The number of aromatic nitrogens is 1. The number of hydrogen-bond donors (Lipinski definition) is 3. The van der Waals surface area contributed by atoms with E-state index in [1.807, 2.05) is 6.92 Å². The first kappa shape index (κ1) is 13.1. The first-order valence-electron chi connectivity index (χ1n) is 5.18. The van der Waals surface area contributed by atoms with Crippen molar-refractivity contribution in [1.29, 1.82) is 0 Å². The summed E-state index contributed by atoms with van der Waals surface area (Å²) in [5.74, 6) is -0.0844. The summed E-state index contributed by atoms with van der Waals surface area (Å²) in [6.45, 7) is 5.26. The van der Waals surface area contributed by atoms with Gasteiger partial charge >= 0.3 is 0 Å². The lowest BCUT2D eigenvalue weighted by Crippen LogP contribution is -2.34. The van der Waals surface area contributed by atoms with E-state index in [4.69, 9.17) is 5.11 Å². The lowest BCUT2D eigenvalue weighted by molar-refractivity contribution is 0.0957. The van der Waals surface area contributed by atoms with Gasteiger partial charge in [0.1, 0.15) is 4.88 Å². The van der Waals surface area contributed by atoms with E-state index in [9.17, 15) is 4.79 Å². The molecule has 1 aromatic rings. The van der Waals surface area contributed by atoms with Crippen molar-refractivity contribution >= 4 is 17.2 Å². The fourth-order valence-corrected chi connectivity index (χ4v) is 1.89. The maximum absolute atomic E-state index is 11.6. The number of carbonyl (C=O) groups excluding carboxylic acids is 1. The molecule has 1 heterocycles. The molecule has 6 heteroatoms. The van der Waals surface area contributed by atoms with E-state index in [-0.39, 0.29) is 12.0 Å². The lowest BCUT2D eigenvalue weighted by atomic mass is 10.3. The molecule has 1 amide bonds. The standard InChI is InChI=1S/C10H17N3O2S/c1-7(14)5-11-3-4-12-10(15)9-8(2)13-6-16-9/h6-7,11,14H,3-5H2,1-2H3,(H,12,15). The van der Waals surface area contributed by atoms with Gasteiger partial charge in [-0.3, -0.25) is 4.79 Å². The minimum atomic E-state index is -0.362. The predicted octanol–water partition coefficient (Wildman–Crippen LogP) is 0.152. The van der Waals surface area contributed by atoms with Crippen molar-refractivity contribution in [2.45, 2.75) is 20.0 Å². The molecule has 16 heavy (non-hydrogen) atoms. The number of thiazole rings is 1. The second-order valence-electron chi connectivity index (χ2n) is 3.58. The number of hydrogen-bond acceptors (Lipinski definition) is 5. The van der Waals surface area contributed by atoms with Gasteiger partial charge in [-0.1, -0.05) is 0 Å². The van der Waals surface area contributed by atoms with Crippen LogP contribution in [0.2, 0.25) is 0 Å². The molecule has 0 aliphatic carbocycles. The summed E-state index contributed by atoms with van der Waals surface area (Å²) < 4.78 is 0. The molecule has 0 fully saturated rings. The molecular weight excluding hydrogens is 226 g/mol. The van der Waals surface area contributed by atoms with E-state index < -0.39 is 0 Å². The predicted molar refractivity (Wildman–Crippen MR) is 63.7 cm³/mol. The quantitative estimate of drug-likeness (QED) is 0.622. The summed E-state index contributed by atoms with van der Waals surface area (Å²) in [6.07, 6.45) is -0.362. The van der Waals surface area contributed by atoms with Crippen LogP contribution in [-0.2, 0) is 0 Å². The van der Waals surface area contributed by atoms with E-state index in [0.717, 1.165) is 5.69 Å². The Kier molecular flexibility index (Phi) is 5.37. The molecule has 1 unspecified atom stereocenters. The minimum Gasteiger partial charge on any atom is -0.392 e. The number of aliphatic hydroxyl groups excluding tert-OH is 1. The highest BCUT2D eigenvalue weighted by atomic mass is 32.1. The van der Waals surface area contributed by atoms with Crippen LogP contribution < -0.4 is 10.6 Å². The van der Waals surface area contributed by atoms with Crippen LogP contribution in [0.3, 0.4) is 0 Å². The van der Waals surface area contributed by atoms with Crippen molar-refractivity contribution in [3.05, 3.63) is 16.1 Å². The number of nitrogens with zero attached hydrogens (tertiary/aromatic N) is 1. The molecule has 0 saturated heterocycles. The van der Waals surface area contributed by atoms with Gasteiger partial charge in [0.15, 0.2) is 0 Å². The van der Waals surface area contributed by atoms with Crippen LogP contribution in [0, 0.1) is 6.92 Å². The fraction of sp³-hybridized carbons (Fsp3) is 0.600. The van der Waals surface area contributed by atoms with E-state index in [1.165, 1.54) is 11.3 Å². The molecule has 0 saturated carbocycles. The van der Waals surface area contributed by atoms with Crippen molar-refractivity contribution in [2.24, 2.45) is 0 Å². The molecule has 0 aliphatic heterocycles. The van der Waals surface area contributed by atoms with Crippen LogP contribution in [0.4, 0.5) is 0 Å². The molecule has 3 N–H and O–H groups in total. The smallest absolute Gasteiger partial charge is 0.263 e. The Morgan fingerprint density at radius 3 is 2.94 bits per heavy atom. The SMILES string of the molecule is Cc1ncsc1C(=O)NCCNCC(C)O. The number of nitrogens with one attached hydrogen (secondary N) is 2. The normalized spacial score (nSPS) is 12.4. The van der Waals surface area contributed by atoms with Gasteiger partial charge in [-0.05, 0) is 13.8 Å². The minimum absolute atomic E-state index is 0.0844. The summed E-state index contributed by atoms with van der Waals surface area (Å²) in [6, 6.07) is 0. The van der Waals surface area contributed by atoms with E-state index in [1.54, 1.807) is 12.4 Å². The highest BCUT2D eigenvalue weighted by Gasteiger charge is 2.10. The van der Waals surface area contributed by atoms with Crippen molar-refractivity contribution < 1.29 is 9.90 Å². The zero-order valence-corrected chi connectivity index (χ0v) is 10.3. The van der Waals surface area contributed by atoms with Gasteiger partial charge in [0.2, 0.25) is 0 Å². The molecule has 1 rings (SSSR count). The Balaban J connectivity index is 2.19. The Morgan fingerprint density at radius 2 is 2.38 bits per heavy atom. The Morgan fingerprint density at radius 1 is 1.62 bits per heavy atom. The summed E-state index contributed by atoms with van der Waals surface area (Å²) in [7, 11) is 0. The van der Waals surface area contributed by atoms with Crippen LogP contribution in [0.25, 0.3) is 0 Å². The van der Waals surface area contributed by atoms with E-state index >= 15 is 0 Å². The van der Waals surface area contributed by atoms with E-state index in [0.29, 0.717) is 24.5 Å². The molecule has 1 atom stereocenters. The molecule has 0 aliphatic rings. The van der Waals surface area contributed by atoms with Crippen LogP contribution in [-0.4, -0.2) is 41.7 Å². The molecule has 90 valence electrons. The Labute approximate surface area is 98.9 Å². The zero-order chi connectivity index (χ0) is 12.0. The average molecular weight is 243 g/mol. The number of carbonyl (C=O) groups is 1. The van der Waals surface area contributed by atoms with Gasteiger partial charge in [-0.25, -0.2) is 4.98 Å². The van der Waals surface area contributed by atoms with E-state index in [2.05, 4.69) is 15.6 Å². The van der Waals surface area contributed by atoms with Gasteiger partial charge < -0.3 is 15.7 Å². The molecule has 1 aromatic heterocycles. The average Bonchev–Trinajstić information content (AvgIpc) is 2.63. The fourth-order valence-electron chi connectivity index (χ4n) is 1.18. The van der Waals surface area contributed by atoms with Crippen LogP contribution in [0.1, 0.15) is 22.3 Å². The van der Waals surface area contributed by atoms with Gasteiger partial charge in [-0.2, -0.15) is 0 Å². The third-order valence-corrected chi connectivity index (χ3v) is 2.91. The Bertz CT molecular complexity index is 339. The maximum Gasteiger partial charge on any atom is 0.263 e. The molecular formula is C10H17N3O2S. The molecule has 5 nitrogen and oxygen atoms in total. The third-order valence-electron chi connectivity index (χ3n) is 1.98. The first-order chi connectivity index (χ1) is 7.61. The number of aryl methyl sites for hydroxylation is 1. The van der Waals surface area contributed by atoms with Crippen molar-refractivity contribution in [2.75, 3.05) is 19.6 Å². The number of amides is 1. The van der Waals surface area contributed by atoms with Gasteiger partial charge in [0.25, 0.3) is 5.91 Å². The molecule has 0 spiro atoms. The highest BCUT2D eigenvalue weighted by Crippen LogP contribution is 2.10. The van der Waals surface area contributed by atoms with Gasteiger partial charge in [-0.15, -0.1) is 11.3 Å². The molecule has 0 aromatic carbocycles. The largest absolute Gasteiger partial charge is 0.392 e. The monoisotopic (exact) mass is 243 g/mol. The summed E-state index contributed by atoms with van der Waals surface area (Å²) in [5.41, 5.74) is 2.43. The van der Waals surface area contributed by atoms with Crippen LogP contribution >= 0.6 is 11.3 Å². The number of rotatable bonds is 6. The van der Waals surface area contributed by atoms with Gasteiger partial charge in [0, 0.05) is 19.6 Å². The van der Waals surface area contributed by atoms with Crippen molar-refractivity contribution in [1.82, 2.24) is 15.6 Å². The van der Waals surface area contributed by atoms with Crippen LogP contribution in [0.15, 0.2) is 5.51 Å². The summed E-state index contributed by atoms with van der Waals surface area (Å²) in [4.78, 5) is 16.3. The second kappa shape index (κ2) is 6.57. The third kappa shape index (κ3) is 4.26. The summed E-state index contributed by atoms with van der Waals surface area (Å²) >= 11 is 1.34. The van der Waals surface area contributed by atoms with Crippen LogP contribution in [0.5, 0.6) is 0 Å². The highest BCUT2D eigenvalue weighted by molar-refractivity contribution is 7.11. The molecule has 0 bridgehead atoms. The zero-order valence-electron chi connectivity index (χ0n) is 9.49. The number of aliphatic hydroxyl groups is 1. The van der Waals surface area contributed by atoms with Crippen molar-refractivity contribution in [3.8, 4) is 0 Å². The second-order valence-corrected chi connectivity index (χ2v) is 4.43. The van der Waals surface area contributed by atoms with Crippen molar-refractivity contribution in [3.63, 3.8) is 0 Å². The topological polar surface area (TPSA) is 74.2 Å². The summed E-state index contributed by atoms with van der Waals surface area (Å²) in [5, 5.41) is 14.8. The lowest BCUT2D eigenvalue weighted by Gasteiger charge is -2.07. The maximum atomic E-state index is 11.6. The first-order valence-corrected chi connectivity index (χ1v) is 6.06. The van der Waals surface area contributed by atoms with Gasteiger partial charge in [0.05, 0.1) is 17.3 Å². The Hall–Kier alpha value is -0.980.